The molecule has 0 bridgehead atoms. The van der Waals surface area contributed by atoms with Crippen LogP contribution in [-0.2, 0) is 13.0 Å². The van der Waals surface area contributed by atoms with Gasteiger partial charge >= 0.3 is 5.63 Å². The third-order valence-electron chi connectivity index (χ3n) is 4.61. The minimum absolute atomic E-state index is 0.0570. The molecule has 0 radical (unpaired) electrons. The lowest BCUT2D eigenvalue weighted by atomic mass is 10.1. The van der Waals surface area contributed by atoms with E-state index in [4.69, 9.17) is 14.3 Å². The predicted octanol–water partition coefficient (Wildman–Crippen LogP) is 2.70. The summed E-state index contributed by atoms with van der Waals surface area (Å²) in [5.41, 5.74) is 2.07. The minimum atomic E-state index is -0.692. The number of carbonyl (C=O) groups is 1. The number of ether oxygens (including phenoxy) is 1. The lowest BCUT2D eigenvalue weighted by molar-refractivity contribution is 0.102. The summed E-state index contributed by atoms with van der Waals surface area (Å²) in [6.45, 7) is 3.16. The van der Waals surface area contributed by atoms with Crippen LogP contribution in [0.25, 0.3) is 11.0 Å². The number of fused-ring (bicyclic) bond motifs is 1. The van der Waals surface area contributed by atoms with Gasteiger partial charge in [-0.25, -0.2) is 4.79 Å². The van der Waals surface area contributed by atoms with Crippen LogP contribution < -0.4 is 21.0 Å². The van der Waals surface area contributed by atoms with Gasteiger partial charge in [-0.05, 0) is 42.3 Å². The number of hydrogen-bond acceptors (Lipinski definition) is 6. The number of carbonyl (C=O) groups excluding carboxylic acids is 1. The number of methoxy groups -OCH3 is 1. The molecule has 0 spiro atoms. The average molecular weight is 396 g/mol. The van der Waals surface area contributed by atoms with E-state index in [2.05, 4.69) is 10.6 Å². The number of hydrogen-bond donors (Lipinski definition) is 3. The summed E-state index contributed by atoms with van der Waals surface area (Å²) in [7, 11) is 1.56. The van der Waals surface area contributed by atoms with Crippen molar-refractivity contribution in [3.8, 4) is 5.75 Å². The highest BCUT2D eigenvalue weighted by Gasteiger charge is 2.17. The third-order valence-corrected chi connectivity index (χ3v) is 4.61. The fourth-order valence-electron chi connectivity index (χ4n) is 3.12. The van der Waals surface area contributed by atoms with Crippen molar-refractivity contribution in [3.63, 3.8) is 0 Å². The summed E-state index contributed by atoms with van der Waals surface area (Å²) in [6, 6.07) is 12.4. The molecule has 1 aromatic heterocycles. The molecule has 1 amide bonds. The Balaban J connectivity index is 1.82. The fraction of sp³-hybridized carbons (Fsp3) is 0.273. The standard InChI is InChI=1S/C22H24N2O5/c1-3-17-19(28-2)9-6-15-12-18(22(27)29-20(15)17)21(26)24-16-7-4-14(5-8-16)13-23-10-11-25/h4-9,12,23,25H,3,10-11,13H2,1-2H3,(H,24,26). The van der Waals surface area contributed by atoms with Crippen molar-refractivity contribution in [1.29, 1.82) is 0 Å². The first kappa shape index (κ1) is 20.6. The Labute approximate surface area is 168 Å². The van der Waals surface area contributed by atoms with Gasteiger partial charge in [-0.15, -0.1) is 0 Å². The Morgan fingerprint density at radius 2 is 1.93 bits per heavy atom. The highest BCUT2D eigenvalue weighted by molar-refractivity contribution is 6.05. The van der Waals surface area contributed by atoms with E-state index in [1.54, 1.807) is 37.4 Å². The van der Waals surface area contributed by atoms with Crippen molar-refractivity contribution in [3.05, 3.63) is 69.6 Å². The van der Waals surface area contributed by atoms with Gasteiger partial charge < -0.3 is 24.9 Å². The molecule has 1 heterocycles. The number of nitrogens with one attached hydrogen (secondary N) is 2. The molecule has 0 aliphatic carbocycles. The van der Waals surface area contributed by atoms with Crippen molar-refractivity contribution in [2.24, 2.45) is 0 Å². The first-order valence-electron chi connectivity index (χ1n) is 9.43. The van der Waals surface area contributed by atoms with Crippen LogP contribution in [0.5, 0.6) is 5.75 Å². The Bertz CT molecular complexity index is 1060. The van der Waals surface area contributed by atoms with Gasteiger partial charge in [0, 0.05) is 29.7 Å². The Morgan fingerprint density at radius 1 is 1.17 bits per heavy atom. The first-order valence-corrected chi connectivity index (χ1v) is 9.43. The number of anilines is 1. The van der Waals surface area contributed by atoms with Crippen LogP contribution in [-0.4, -0.2) is 31.3 Å². The van der Waals surface area contributed by atoms with Crippen molar-refractivity contribution in [2.45, 2.75) is 19.9 Å². The second kappa shape index (κ2) is 9.36. The summed E-state index contributed by atoms with van der Waals surface area (Å²) >= 11 is 0. The van der Waals surface area contributed by atoms with Crippen LogP contribution in [0, 0.1) is 0 Å². The molecule has 3 rings (SSSR count). The van der Waals surface area contributed by atoms with Gasteiger partial charge in [0.15, 0.2) is 0 Å². The van der Waals surface area contributed by atoms with Crippen molar-refractivity contribution < 1.29 is 19.1 Å². The molecule has 0 saturated carbocycles. The van der Waals surface area contributed by atoms with Gasteiger partial charge in [-0.1, -0.05) is 19.1 Å². The molecule has 29 heavy (non-hydrogen) atoms. The van der Waals surface area contributed by atoms with Crippen LogP contribution in [0.4, 0.5) is 5.69 Å². The monoisotopic (exact) mass is 396 g/mol. The van der Waals surface area contributed by atoms with Gasteiger partial charge in [0.2, 0.25) is 0 Å². The highest BCUT2D eigenvalue weighted by atomic mass is 16.5. The van der Waals surface area contributed by atoms with Crippen molar-refractivity contribution >= 4 is 22.6 Å². The van der Waals surface area contributed by atoms with E-state index in [0.29, 0.717) is 41.9 Å². The molecule has 0 saturated heterocycles. The average Bonchev–Trinajstić information content (AvgIpc) is 2.73. The predicted molar refractivity (Wildman–Crippen MR) is 112 cm³/mol. The van der Waals surface area contributed by atoms with Crippen LogP contribution in [0.2, 0.25) is 0 Å². The van der Waals surface area contributed by atoms with Crippen LogP contribution in [0.15, 0.2) is 51.7 Å². The maximum atomic E-state index is 12.6. The molecule has 3 N–H and O–H groups in total. The van der Waals surface area contributed by atoms with Gasteiger partial charge in [0.05, 0.1) is 13.7 Å². The van der Waals surface area contributed by atoms with Gasteiger partial charge in [0.25, 0.3) is 5.91 Å². The summed E-state index contributed by atoms with van der Waals surface area (Å²) in [5, 5.41) is 15.3. The van der Waals surface area contributed by atoms with Crippen LogP contribution >= 0.6 is 0 Å². The zero-order valence-electron chi connectivity index (χ0n) is 16.5. The summed E-state index contributed by atoms with van der Waals surface area (Å²) in [5.74, 6) is 0.120. The van der Waals surface area contributed by atoms with Crippen LogP contribution in [0.1, 0.15) is 28.4 Å². The molecule has 0 unspecified atom stereocenters. The number of aryl methyl sites for hydroxylation is 1. The molecule has 0 aliphatic rings. The summed E-state index contributed by atoms with van der Waals surface area (Å²) in [4.78, 5) is 25.1. The lowest BCUT2D eigenvalue weighted by Gasteiger charge is -2.10. The molecule has 152 valence electrons. The third kappa shape index (κ3) is 4.64. The first-order chi connectivity index (χ1) is 14.1. The topological polar surface area (TPSA) is 101 Å². The SMILES string of the molecule is CCc1c(OC)ccc2cc(C(=O)Nc3ccc(CNCCO)cc3)c(=O)oc12. The number of amides is 1. The molecule has 0 fully saturated rings. The molecule has 7 nitrogen and oxygen atoms in total. The van der Waals surface area contributed by atoms with E-state index < -0.39 is 11.5 Å². The number of rotatable bonds is 8. The molecule has 0 atom stereocenters. The summed E-state index contributed by atoms with van der Waals surface area (Å²) < 4.78 is 10.8. The second-order valence-electron chi connectivity index (χ2n) is 6.52. The largest absolute Gasteiger partial charge is 0.496 e. The summed E-state index contributed by atoms with van der Waals surface area (Å²) in [6.07, 6.45) is 0.633. The van der Waals surface area contributed by atoms with E-state index >= 15 is 0 Å². The molecule has 2 aromatic carbocycles. The molecule has 7 heteroatoms. The number of benzene rings is 2. The normalized spacial score (nSPS) is 10.9. The van der Waals surface area contributed by atoms with Gasteiger partial charge in [-0.2, -0.15) is 0 Å². The zero-order valence-corrected chi connectivity index (χ0v) is 16.5. The molecular weight excluding hydrogens is 372 g/mol. The second-order valence-corrected chi connectivity index (χ2v) is 6.52. The van der Waals surface area contributed by atoms with E-state index in [1.807, 2.05) is 19.1 Å². The number of aliphatic hydroxyl groups excluding tert-OH is 1. The molecule has 0 aliphatic heterocycles. The maximum absolute atomic E-state index is 12.6. The Hall–Kier alpha value is -3.16. The smallest absolute Gasteiger partial charge is 0.349 e. The van der Waals surface area contributed by atoms with E-state index in [0.717, 1.165) is 11.1 Å². The van der Waals surface area contributed by atoms with Gasteiger partial charge in [0.1, 0.15) is 16.9 Å². The Morgan fingerprint density at radius 3 is 2.59 bits per heavy atom. The fourth-order valence-corrected chi connectivity index (χ4v) is 3.12. The molecule has 3 aromatic rings. The van der Waals surface area contributed by atoms with Crippen molar-refractivity contribution in [1.82, 2.24) is 5.32 Å². The van der Waals surface area contributed by atoms with E-state index in [1.165, 1.54) is 0 Å². The lowest BCUT2D eigenvalue weighted by Crippen LogP contribution is -2.21. The number of aliphatic hydroxyl groups is 1. The van der Waals surface area contributed by atoms with Crippen LogP contribution in [0.3, 0.4) is 0 Å². The minimum Gasteiger partial charge on any atom is -0.496 e. The van der Waals surface area contributed by atoms with E-state index in [9.17, 15) is 9.59 Å². The Kier molecular flexibility index (Phi) is 6.64. The maximum Gasteiger partial charge on any atom is 0.349 e. The highest BCUT2D eigenvalue weighted by Crippen LogP contribution is 2.28. The quantitative estimate of drug-likeness (QED) is 0.400. The van der Waals surface area contributed by atoms with Gasteiger partial charge in [-0.3, -0.25) is 4.79 Å². The zero-order chi connectivity index (χ0) is 20.8. The molecular formula is C22H24N2O5. The van der Waals surface area contributed by atoms with E-state index in [-0.39, 0.29) is 12.2 Å². The van der Waals surface area contributed by atoms with Crippen molar-refractivity contribution in [2.75, 3.05) is 25.6 Å².